The first-order valence-electron chi connectivity index (χ1n) is 7.99. The molecule has 1 aliphatic heterocycles. The number of nitrogens with one attached hydrogen (secondary N) is 1. The van der Waals surface area contributed by atoms with Gasteiger partial charge in [-0.2, -0.15) is 4.52 Å². The number of anilines is 1. The lowest BCUT2D eigenvalue weighted by Crippen LogP contribution is -2.40. The molecule has 1 saturated heterocycles. The van der Waals surface area contributed by atoms with Crippen LogP contribution >= 0.6 is 11.3 Å². The highest BCUT2D eigenvalue weighted by atomic mass is 32.1. The first kappa shape index (κ1) is 15.3. The van der Waals surface area contributed by atoms with Gasteiger partial charge in [-0.3, -0.25) is 4.79 Å². The number of nitrogens with zero attached hydrogens (tertiary/aromatic N) is 3. The fourth-order valence-corrected chi connectivity index (χ4v) is 3.95. The molecule has 0 saturated carbocycles. The van der Waals surface area contributed by atoms with Gasteiger partial charge in [0.2, 0.25) is 10.1 Å². The van der Waals surface area contributed by atoms with Crippen LogP contribution in [0, 0.1) is 0 Å². The van der Waals surface area contributed by atoms with Gasteiger partial charge in [-0.1, -0.05) is 41.7 Å². The van der Waals surface area contributed by atoms with E-state index in [2.05, 4.69) is 39.7 Å². The number of hydrogen-bond donors (Lipinski definition) is 1. The van der Waals surface area contributed by atoms with Gasteiger partial charge in [-0.25, -0.2) is 4.98 Å². The first-order valence-corrected chi connectivity index (χ1v) is 8.81. The standard InChI is InChI=1S/C17H18N4O2S/c22-14-6-9-18-16-21(14)20-15(24-16)19-12-17(7-10-23-11-8-17)13-4-2-1-3-5-13/h1-6,9H,7-8,10-12H2,(H,19,20). The highest BCUT2D eigenvalue weighted by Crippen LogP contribution is 2.35. The highest BCUT2D eigenvalue weighted by Gasteiger charge is 2.34. The molecule has 1 N–H and O–H groups in total. The van der Waals surface area contributed by atoms with Gasteiger partial charge < -0.3 is 10.1 Å². The Morgan fingerprint density at radius 3 is 2.75 bits per heavy atom. The number of rotatable bonds is 4. The SMILES string of the molecule is O=c1ccnc2sc(NCC3(c4ccccc4)CCOCC3)nn12. The molecule has 7 heteroatoms. The van der Waals surface area contributed by atoms with E-state index in [0.29, 0.717) is 10.1 Å². The third-order valence-corrected chi connectivity index (χ3v) is 5.47. The molecule has 24 heavy (non-hydrogen) atoms. The van der Waals surface area contributed by atoms with Gasteiger partial charge in [-0.05, 0) is 18.4 Å². The summed E-state index contributed by atoms with van der Waals surface area (Å²) in [5.41, 5.74) is 1.18. The van der Waals surface area contributed by atoms with Gasteiger partial charge in [0.25, 0.3) is 5.56 Å². The van der Waals surface area contributed by atoms with Gasteiger partial charge in [0.05, 0.1) is 0 Å². The van der Waals surface area contributed by atoms with Crippen molar-refractivity contribution in [2.24, 2.45) is 0 Å². The van der Waals surface area contributed by atoms with Crippen molar-refractivity contribution in [1.82, 2.24) is 14.6 Å². The molecule has 4 rings (SSSR count). The average molecular weight is 342 g/mol. The van der Waals surface area contributed by atoms with Crippen LogP contribution < -0.4 is 10.9 Å². The summed E-state index contributed by atoms with van der Waals surface area (Å²) in [5.74, 6) is 0. The average Bonchev–Trinajstić information content (AvgIpc) is 3.06. The molecule has 0 bridgehead atoms. The second-order valence-corrected chi connectivity index (χ2v) is 6.95. The molecule has 6 nitrogen and oxygen atoms in total. The van der Waals surface area contributed by atoms with E-state index in [1.54, 1.807) is 0 Å². The van der Waals surface area contributed by atoms with Gasteiger partial charge >= 0.3 is 0 Å². The third kappa shape index (κ3) is 2.81. The first-order chi connectivity index (χ1) is 11.8. The quantitative estimate of drug-likeness (QED) is 0.788. The van der Waals surface area contributed by atoms with Crippen molar-refractivity contribution in [2.45, 2.75) is 18.3 Å². The van der Waals surface area contributed by atoms with Gasteiger partial charge in [0, 0.05) is 37.4 Å². The highest BCUT2D eigenvalue weighted by molar-refractivity contribution is 7.20. The fourth-order valence-electron chi connectivity index (χ4n) is 3.18. The Balaban J connectivity index is 1.61. The summed E-state index contributed by atoms with van der Waals surface area (Å²) in [4.78, 5) is 16.6. The monoisotopic (exact) mass is 342 g/mol. The molecule has 1 aliphatic rings. The van der Waals surface area contributed by atoms with E-state index in [9.17, 15) is 4.79 Å². The summed E-state index contributed by atoms with van der Waals surface area (Å²) < 4.78 is 6.91. The lowest BCUT2D eigenvalue weighted by Gasteiger charge is -2.37. The van der Waals surface area contributed by atoms with Crippen LogP contribution in [-0.2, 0) is 10.2 Å². The van der Waals surface area contributed by atoms with Crippen molar-refractivity contribution in [1.29, 1.82) is 0 Å². The molecule has 0 amide bonds. The minimum absolute atomic E-state index is 0.0236. The van der Waals surface area contributed by atoms with E-state index in [0.717, 1.165) is 32.6 Å². The van der Waals surface area contributed by atoms with Gasteiger partial charge in [0.1, 0.15) is 0 Å². The topological polar surface area (TPSA) is 68.5 Å². The maximum absolute atomic E-state index is 11.8. The van der Waals surface area contributed by atoms with Crippen LogP contribution in [0.2, 0.25) is 0 Å². The predicted octanol–water partition coefficient (Wildman–Crippen LogP) is 2.31. The second-order valence-electron chi connectivity index (χ2n) is 6.00. The molecular weight excluding hydrogens is 324 g/mol. The number of hydrogen-bond acceptors (Lipinski definition) is 6. The zero-order chi connectivity index (χ0) is 16.4. The van der Waals surface area contributed by atoms with Crippen LogP contribution in [0.25, 0.3) is 4.96 Å². The largest absolute Gasteiger partial charge is 0.381 e. The molecule has 0 atom stereocenters. The Kier molecular flexibility index (Phi) is 4.03. The number of aromatic nitrogens is 3. The molecule has 3 aromatic rings. The van der Waals surface area contributed by atoms with Gasteiger partial charge in [0.15, 0.2) is 0 Å². The summed E-state index contributed by atoms with van der Waals surface area (Å²) in [6, 6.07) is 12.0. The number of ether oxygens (including phenoxy) is 1. The summed E-state index contributed by atoms with van der Waals surface area (Å²) >= 11 is 1.39. The fraction of sp³-hybridized carbons (Fsp3) is 0.353. The van der Waals surface area contributed by atoms with Crippen molar-refractivity contribution >= 4 is 21.4 Å². The summed E-state index contributed by atoms with van der Waals surface area (Å²) in [7, 11) is 0. The Hall–Kier alpha value is -2.25. The smallest absolute Gasteiger partial charge is 0.275 e. The minimum atomic E-state index is -0.159. The second kappa shape index (κ2) is 6.33. The molecule has 1 fully saturated rings. The molecule has 0 aliphatic carbocycles. The van der Waals surface area contributed by atoms with E-state index in [-0.39, 0.29) is 11.0 Å². The van der Waals surface area contributed by atoms with Crippen molar-refractivity contribution in [2.75, 3.05) is 25.1 Å². The van der Waals surface area contributed by atoms with Crippen molar-refractivity contribution in [3.05, 3.63) is 58.5 Å². The van der Waals surface area contributed by atoms with Gasteiger partial charge in [-0.15, -0.1) is 5.10 Å². The summed E-state index contributed by atoms with van der Waals surface area (Å²) in [5, 5.41) is 8.48. The Morgan fingerprint density at radius 2 is 2.00 bits per heavy atom. The summed E-state index contributed by atoms with van der Waals surface area (Å²) in [6.07, 6.45) is 3.45. The van der Waals surface area contributed by atoms with Crippen LogP contribution in [0.5, 0.6) is 0 Å². The van der Waals surface area contributed by atoms with Crippen LogP contribution in [0.4, 0.5) is 5.13 Å². The van der Waals surface area contributed by atoms with Crippen molar-refractivity contribution < 1.29 is 4.74 Å². The third-order valence-electron chi connectivity index (χ3n) is 4.58. The number of fused-ring (bicyclic) bond motifs is 1. The van der Waals surface area contributed by atoms with E-state index < -0.39 is 0 Å². The Labute approximate surface area is 143 Å². The minimum Gasteiger partial charge on any atom is -0.381 e. The van der Waals surface area contributed by atoms with Crippen LogP contribution in [0.1, 0.15) is 18.4 Å². The van der Waals surface area contributed by atoms with Crippen LogP contribution in [0.15, 0.2) is 47.4 Å². The zero-order valence-corrected chi connectivity index (χ0v) is 14.0. The van der Waals surface area contributed by atoms with Crippen LogP contribution in [-0.4, -0.2) is 34.4 Å². The van der Waals surface area contributed by atoms with E-state index in [1.165, 1.54) is 33.7 Å². The molecule has 0 unspecified atom stereocenters. The normalized spacial score (nSPS) is 17.0. The maximum atomic E-state index is 11.8. The molecule has 3 heterocycles. The Morgan fingerprint density at radius 1 is 1.21 bits per heavy atom. The number of benzene rings is 1. The van der Waals surface area contributed by atoms with E-state index in [1.807, 2.05) is 6.07 Å². The molecule has 124 valence electrons. The molecule has 1 aromatic carbocycles. The van der Waals surface area contributed by atoms with Crippen molar-refractivity contribution in [3.63, 3.8) is 0 Å². The molecule has 2 aromatic heterocycles. The van der Waals surface area contributed by atoms with Crippen LogP contribution in [0.3, 0.4) is 0 Å². The lowest BCUT2D eigenvalue weighted by atomic mass is 9.74. The predicted molar refractivity (Wildman–Crippen MR) is 93.8 cm³/mol. The molecule has 0 radical (unpaired) electrons. The molecule has 0 spiro atoms. The Bertz CT molecular complexity index is 884. The van der Waals surface area contributed by atoms with E-state index >= 15 is 0 Å². The van der Waals surface area contributed by atoms with E-state index in [4.69, 9.17) is 4.74 Å². The summed E-state index contributed by atoms with van der Waals surface area (Å²) in [6.45, 7) is 2.28. The molecular formula is C17H18N4O2S. The van der Waals surface area contributed by atoms with Crippen molar-refractivity contribution in [3.8, 4) is 0 Å². The lowest BCUT2D eigenvalue weighted by molar-refractivity contribution is 0.0544. The zero-order valence-electron chi connectivity index (χ0n) is 13.1. The maximum Gasteiger partial charge on any atom is 0.275 e.